The van der Waals surface area contributed by atoms with Crippen molar-refractivity contribution in [2.45, 2.75) is 6.54 Å². The van der Waals surface area contributed by atoms with Gasteiger partial charge in [-0.2, -0.15) is 10.5 Å². The molecule has 2 rings (SSSR count). The van der Waals surface area contributed by atoms with Crippen LogP contribution in [0.5, 0.6) is 5.75 Å². The molecule has 0 unspecified atom stereocenters. The van der Waals surface area contributed by atoms with Crippen LogP contribution in [-0.2, 0) is 6.54 Å². The molecule has 7 heteroatoms. The Kier molecular flexibility index (Phi) is 4.12. The monoisotopic (exact) mass is 295 g/mol. The Labute approximate surface area is 126 Å². The summed E-state index contributed by atoms with van der Waals surface area (Å²) in [7, 11) is 1.51. The van der Waals surface area contributed by atoms with Crippen LogP contribution in [0.2, 0.25) is 0 Å². The summed E-state index contributed by atoms with van der Waals surface area (Å²) in [6.07, 6.45) is 0. The minimum Gasteiger partial charge on any atom is -0.496 e. The third-order valence-corrected chi connectivity index (χ3v) is 3.26. The van der Waals surface area contributed by atoms with Crippen LogP contribution in [-0.4, -0.2) is 12.1 Å². The van der Waals surface area contributed by atoms with Gasteiger partial charge in [-0.15, -0.1) is 0 Å². The zero-order valence-electron chi connectivity index (χ0n) is 11.8. The summed E-state index contributed by atoms with van der Waals surface area (Å²) in [6, 6.07) is 8.72. The third kappa shape index (κ3) is 2.37. The van der Waals surface area contributed by atoms with Crippen LogP contribution in [0.1, 0.15) is 16.7 Å². The number of pyridine rings is 1. The number of ether oxygens (including phenoxy) is 1. The molecule has 0 aliphatic heterocycles. The van der Waals surface area contributed by atoms with Crippen molar-refractivity contribution in [3.63, 3.8) is 0 Å². The van der Waals surface area contributed by atoms with Crippen molar-refractivity contribution < 1.29 is 4.74 Å². The SMILES string of the molecule is COc1ccc(-c2c(C#N)c(N)[nH]c(=O)c2C#N)cc1CN. The third-order valence-electron chi connectivity index (χ3n) is 3.26. The fourth-order valence-corrected chi connectivity index (χ4v) is 2.23. The van der Waals surface area contributed by atoms with E-state index in [4.69, 9.17) is 16.2 Å². The number of nitrogen functional groups attached to an aromatic ring is 1. The molecule has 110 valence electrons. The highest BCUT2D eigenvalue weighted by atomic mass is 16.5. The van der Waals surface area contributed by atoms with E-state index in [1.807, 2.05) is 12.1 Å². The van der Waals surface area contributed by atoms with Crippen molar-refractivity contribution in [2.75, 3.05) is 12.8 Å². The number of aromatic amines is 1. The lowest BCUT2D eigenvalue weighted by Crippen LogP contribution is -2.16. The van der Waals surface area contributed by atoms with Crippen LogP contribution in [0.25, 0.3) is 11.1 Å². The van der Waals surface area contributed by atoms with E-state index < -0.39 is 5.56 Å². The predicted molar refractivity (Wildman–Crippen MR) is 80.8 cm³/mol. The Morgan fingerprint density at radius 1 is 1.27 bits per heavy atom. The molecule has 5 N–H and O–H groups in total. The zero-order chi connectivity index (χ0) is 16.3. The molecule has 0 atom stereocenters. The van der Waals surface area contributed by atoms with Crippen LogP contribution in [0.4, 0.5) is 5.82 Å². The van der Waals surface area contributed by atoms with Crippen LogP contribution < -0.4 is 21.8 Å². The van der Waals surface area contributed by atoms with Crippen molar-refractivity contribution in [3.8, 4) is 29.0 Å². The van der Waals surface area contributed by atoms with E-state index in [-0.39, 0.29) is 29.1 Å². The first-order valence-corrected chi connectivity index (χ1v) is 6.30. The van der Waals surface area contributed by atoms with Gasteiger partial charge in [-0.05, 0) is 17.7 Å². The minimum absolute atomic E-state index is 0.0456. The molecule has 22 heavy (non-hydrogen) atoms. The van der Waals surface area contributed by atoms with E-state index >= 15 is 0 Å². The first kappa shape index (κ1) is 15.1. The number of nitrogens with one attached hydrogen (secondary N) is 1. The predicted octanol–water partition coefficient (Wildman–Crippen LogP) is 0.835. The number of aromatic nitrogens is 1. The molecule has 0 aliphatic rings. The summed E-state index contributed by atoms with van der Waals surface area (Å²) in [5, 5.41) is 18.5. The Balaban J connectivity index is 2.86. The van der Waals surface area contributed by atoms with Crippen molar-refractivity contribution >= 4 is 5.82 Å². The van der Waals surface area contributed by atoms with E-state index in [0.29, 0.717) is 16.9 Å². The Bertz CT molecular complexity index is 871. The number of hydrogen-bond acceptors (Lipinski definition) is 6. The number of rotatable bonds is 3. The molecule has 0 fully saturated rings. The van der Waals surface area contributed by atoms with E-state index in [2.05, 4.69) is 4.98 Å². The van der Waals surface area contributed by atoms with Gasteiger partial charge in [-0.25, -0.2) is 0 Å². The van der Waals surface area contributed by atoms with Gasteiger partial charge < -0.3 is 21.2 Å². The molecular formula is C15H13N5O2. The largest absolute Gasteiger partial charge is 0.496 e. The lowest BCUT2D eigenvalue weighted by molar-refractivity contribution is 0.410. The van der Waals surface area contributed by atoms with Crippen LogP contribution in [0.3, 0.4) is 0 Å². The fraction of sp³-hybridized carbons (Fsp3) is 0.133. The van der Waals surface area contributed by atoms with E-state index in [0.717, 1.165) is 0 Å². The van der Waals surface area contributed by atoms with Gasteiger partial charge in [-0.3, -0.25) is 4.79 Å². The van der Waals surface area contributed by atoms with E-state index in [1.165, 1.54) is 7.11 Å². The number of nitrogens with two attached hydrogens (primary N) is 2. The zero-order valence-corrected chi connectivity index (χ0v) is 11.8. The standard InChI is InChI=1S/C15H13N5O2/c1-22-12-3-2-8(4-9(12)5-16)13-10(6-17)14(19)20-15(21)11(13)7-18/h2-4H,5,16H2,1H3,(H3,19,20,21). The Hall–Kier alpha value is -3.29. The fourth-order valence-electron chi connectivity index (χ4n) is 2.23. The van der Waals surface area contributed by atoms with Gasteiger partial charge in [-0.1, -0.05) is 6.07 Å². The number of nitrogens with zero attached hydrogens (tertiary/aromatic N) is 2. The van der Waals surface area contributed by atoms with Crippen molar-refractivity contribution in [1.82, 2.24) is 4.98 Å². The number of nitriles is 2. The van der Waals surface area contributed by atoms with E-state index in [1.54, 1.807) is 18.2 Å². The second kappa shape index (κ2) is 6.00. The number of benzene rings is 1. The summed E-state index contributed by atoms with van der Waals surface area (Å²) in [5.41, 5.74) is 12.0. The maximum Gasteiger partial charge on any atom is 0.268 e. The number of methoxy groups -OCH3 is 1. The van der Waals surface area contributed by atoms with Gasteiger partial charge in [0.15, 0.2) is 0 Å². The van der Waals surface area contributed by atoms with Gasteiger partial charge in [0.25, 0.3) is 5.56 Å². The van der Waals surface area contributed by atoms with Gasteiger partial charge >= 0.3 is 0 Å². The summed E-state index contributed by atoms with van der Waals surface area (Å²) in [6.45, 7) is 0.208. The smallest absolute Gasteiger partial charge is 0.268 e. The Morgan fingerprint density at radius 2 is 1.95 bits per heavy atom. The average molecular weight is 295 g/mol. The van der Waals surface area contributed by atoms with Crippen LogP contribution >= 0.6 is 0 Å². The summed E-state index contributed by atoms with van der Waals surface area (Å²) in [4.78, 5) is 14.2. The molecule has 0 bridgehead atoms. The average Bonchev–Trinajstić information content (AvgIpc) is 2.53. The molecule has 0 saturated carbocycles. The topological polar surface area (TPSA) is 142 Å². The lowest BCUT2D eigenvalue weighted by atomic mass is 9.95. The van der Waals surface area contributed by atoms with Crippen molar-refractivity contribution in [1.29, 1.82) is 10.5 Å². The van der Waals surface area contributed by atoms with Gasteiger partial charge in [0.05, 0.1) is 7.11 Å². The quantitative estimate of drug-likeness (QED) is 0.765. The number of H-pyrrole nitrogens is 1. The molecule has 1 aromatic carbocycles. The molecule has 0 amide bonds. The second-order valence-corrected chi connectivity index (χ2v) is 4.45. The van der Waals surface area contributed by atoms with Gasteiger partial charge in [0.1, 0.15) is 34.8 Å². The van der Waals surface area contributed by atoms with Crippen LogP contribution in [0.15, 0.2) is 23.0 Å². The highest BCUT2D eigenvalue weighted by Gasteiger charge is 2.18. The molecule has 0 spiro atoms. The lowest BCUT2D eigenvalue weighted by Gasteiger charge is -2.12. The summed E-state index contributed by atoms with van der Waals surface area (Å²) >= 11 is 0. The molecule has 0 radical (unpaired) electrons. The molecule has 2 aromatic rings. The molecule has 7 nitrogen and oxygen atoms in total. The Morgan fingerprint density at radius 3 is 2.50 bits per heavy atom. The van der Waals surface area contributed by atoms with Crippen molar-refractivity contribution in [2.24, 2.45) is 5.73 Å². The molecule has 0 saturated heterocycles. The highest BCUT2D eigenvalue weighted by Crippen LogP contribution is 2.31. The second-order valence-electron chi connectivity index (χ2n) is 4.45. The minimum atomic E-state index is -0.640. The maximum atomic E-state index is 11.9. The van der Waals surface area contributed by atoms with Crippen LogP contribution in [0, 0.1) is 22.7 Å². The summed E-state index contributed by atoms with van der Waals surface area (Å²) in [5.74, 6) is 0.507. The molecule has 0 aliphatic carbocycles. The molecular weight excluding hydrogens is 282 g/mol. The maximum absolute atomic E-state index is 11.9. The number of hydrogen-bond donors (Lipinski definition) is 3. The molecule has 1 aromatic heterocycles. The summed E-state index contributed by atoms with van der Waals surface area (Å²) < 4.78 is 5.19. The number of anilines is 1. The van der Waals surface area contributed by atoms with Gasteiger partial charge in [0.2, 0.25) is 0 Å². The molecule has 1 heterocycles. The highest BCUT2D eigenvalue weighted by molar-refractivity contribution is 5.80. The van der Waals surface area contributed by atoms with Gasteiger partial charge in [0, 0.05) is 17.7 Å². The first-order chi connectivity index (χ1) is 10.6. The van der Waals surface area contributed by atoms with E-state index in [9.17, 15) is 15.3 Å². The normalized spacial score (nSPS) is 9.82. The van der Waals surface area contributed by atoms with Crippen molar-refractivity contribution in [3.05, 3.63) is 45.2 Å². The first-order valence-electron chi connectivity index (χ1n) is 6.30.